The second-order valence-electron chi connectivity index (χ2n) is 10.5. The van der Waals surface area contributed by atoms with E-state index in [0.717, 1.165) is 29.6 Å². The summed E-state index contributed by atoms with van der Waals surface area (Å²) in [4.78, 5) is 0. The SMILES string of the molecule is C=CC(C)CCC(C)C1=CC=C(C)CC1.CCC(C)/C=C\C(C)C(C)CCC(C)C. The summed E-state index contributed by atoms with van der Waals surface area (Å²) in [5.74, 6) is 4.55. The van der Waals surface area contributed by atoms with Gasteiger partial charge in [-0.15, -0.1) is 6.58 Å². The van der Waals surface area contributed by atoms with E-state index in [4.69, 9.17) is 0 Å². The smallest absolute Gasteiger partial charge is 0.0228 e. The maximum atomic E-state index is 3.84. The molecule has 0 aromatic heterocycles. The Labute approximate surface area is 191 Å². The van der Waals surface area contributed by atoms with E-state index in [1.165, 1.54) is 50.5 Å². The second-order valence-corrected chi connectivity index (χ2v) is 10.5. The van der Waals surface area contributed by atoms with Gasteiger partial charge < -0.3 is 0 Å². The molecule has 0 amide bonds. The van der Waals surface area contributed by atoms with Crippen LogP contribution < -0.4 is 0 Å². The zero-order chi connectivity index (χ0) is 23.1. The minimum absolute atomic E-state index is 0.661. The Balaban J connectivity index is 0.000000561. The van der Waals surface area contributed by atoms with Gasteiger partial charge in [0, 0.05) is 0 Å². The van der Waals surface area contributed by atoms with Crippen LogP contribution in [0.3, 0.4) is 0 Å². The normalized spacial score (nSPS) is 19.3. The Kier molecular flexibility index (Phi) is 16.1. The zero-order valence-electron chi connectivity index (χ0n) is 22.0. The van der Waals surface area contributed by atoms with Crippen LogP contribution in [0.1, 0.15) is 107 Å². The minimum atomic E-state index is 0.661. The van der Waals surface area contributed by atoms with Crippen LogP contribution in [0.2, 0.25) is 0 Å². The lowest BCUT2D eigenvalue weighted by Gasteiger charge is -2.19. The van der Waals surface area contributed by atoms with Crippen LogP contribution in [0, 0.1) is 35.5 Å². The molecule has 0 bridgehead atoms. The van der Waals surface area contributed by atoms with Gasteiger partial charge in [-0.05, 0) is 74.5 Å². The molecule has 0 N–H and O–H groups in total. The summed E-state index contributed by atoms with van der Waals surface area (Å²) in [6, 6.07) is 0. The molecule has 1 aliphatic carbocycles. The summed E-state index contributed by atoms with van der Waals surface area (Å²) >= 11 is 0. The first-order valence-electron chi connectivity index (χ1n) is 12.8. The first-order valence-corrected chi connectivity index (χ1v) is 12.8. The Morgan fingerprint density at radius 2 is 1.50 bits per heavy atom. The highest BCUT2D eigenvalue weighted by Crippen LogP contribution is 2.28. The molecule has 5 unspecified atom stereocenters. The number of allylic oxidation sites excluding steroid dienone is 7. The lowest BCUT2D eigenvalue weighted by Crippen LogP contribution is -2.07. The van der Waals surface area contributed by atoms with Crippen molar-refractivity contribution in [3.8, 4) is 0 Å². The van der Waals surface area contributed by atoms with Crippen LogP contribution in [0.5, 0.6) is 0 Å². The monoisotopic (exact) mass is 414 g/mol. The van der Waals surface area contributed by atoms with Gasteiger partial charge in [0.05, 0.1) is 0 Å². The minimum Gasteiger partial charge on any atom is -0.103 e. The maximum absolute atomic E-state index is 3.84. The van der Waals surface area contributed by atoms with E-state index in [2.05, 4.69) is 99.3 Å². The van der Waals surface area contributed by atoms with Gasteiger partial charge in [-0.25, -0.2) is 0 Å². The molecular formula is C30H54. The Hall–Kier alpha value is -1.04. The van der Waals surface area contributed by atoms with Crippen molar-refractivity contribution in [2.24, 2.45) is 35.5 Å². The van der Waals surface area contributed by atoms with Crippen LogP contribution >= 0.6 is 0 Å². The van der Waals surface area contributed by atoms with Gasteiger partial charge in [0.25, 0.3) is 0 Å². The second kappa shape index (κ2) is 16.6. The van der Waals surface area contributed by atoms with Crippen molar-refractivity contribution in [2.75, 3.05) is 0 Å². The third kappa shape index (κ3) is 14.1. The fourth-order valence-corrected chi connectivity index (χ4v) is 3.53. The molecule has 0 heteroatoms. The van der Waals surface area contributed by atoms with Crippen molar-refractivity contribution in [2.45, 2.75) is 107 Å². The molecule has 0 spiro atoms. The molecule has 0 fully saturated rings. The van der Waals surface area contributed by atoms with Crippen LogP contribution in [0.4, 0.5) is 0 Å². The molecule has 0 aromatic carbocycles. The largest absolute Gasteiger partial charge is 0.103 e. The topological polar surface area (TPSA) is 0 Å². The molecule has 0 aliphatic heterocycles. The third-order valence-electron chi connectivity index (χ3n) is 6.96. The van der Waals surface area contributed by atoms with Gasteiger partial charge in [0.15, 0.2) is 0 Å². The molecule has 0 radical (unpaired) electrons. The Morgan fingerprint density at radius 1 is 0.833 bits per heavy atom. The summed E-state index contributed by atoms with van der Waals surface area (Å²) < 4.78 is 0. The maximum Gasteiger partial charge on any atom is -0.0228 e. The summed E-state index contributed by atoms with van der Waals surface area (Å²) in [5.41, 5.74) is 3.15. The van der Waals surface area contributed by atoms with Crippen molar-refractivity contribution < 1.29 is 0 Å². The van der Waals surface area contributed by atoms with Crippen LogP contribution in [0.25, 0.3) is 0 Å². The number of rotatable bonds is 12. The van der Waals surface area contributed by atoms with Crippen molar-refractivity contribution in [1.29, 1.82) is 0 Å². The highest BCUT2D eigenvalue weighted by molar-refractivity contribution is 5.24. The molecule has 0 saturated heterocycles. The van der Waals surface area contributed by atoms with Crippen molar-refractivity contribution in [3.05, 3.63) is 48.1 Å². The van der Waals surface area contributed by atoms with Gasteiger partial charge in [0.1, 0.15) is 0 Å². The molecule has 0 nitrogen and oxygen atoms in total. The van der Waals surface area contributed by atoms with E-state index in [-0.39, 0.29) is 0 Å². The fraction of sp³-hybridized carbons (Fsp3) is 0.733. The van der Waals surface area contributed by atoms with E-state index in [1.54, 1.807) is 5.57 Å². The summed E-state index contributed by atoms with van der Waals surface area (Å²) in [6.07, 6.45) is 20.6. The van der Waals surface area contributed by atoms with Crippen molar-refractivity contribution >= 4 is 0 Å². The predicted octanol–water partition coefficient (Wildman–Crippen LogP) is 10.2. The van der Waals surface area contributed by atoms with Gasteiger partial charge in [-0.3, -0.25) is 0 Å². The average molecular weight is 415 g/mol. The molecule has 30 heavy (non-hydrogen) atoms. The first-order chi connectivity index (χ1) is 14.1. The molecular weight excluding hydrogens is 360 g/mol. The number of hydrogen-bond donors (Lipinski definition) is 0. The van der Waals surface area contributed by atoms with Crippen molar-refractivity contribution in [3.63, 3.8) is 0 Å². The van der Waals surface area contributed by atoms with Crippen LogP contribution in [-0.4, -0.2) is 0 Å². The van der Waals surface area contributed by atoms with E-state index < -0.39 is 0 Å². The predicted molar refractivity (Wildman–Crippen MR) is 140 cm³/mol. The molecule has 5 atom stereocenters. The van der Waals surface area contributed by atoms with E-state index in [0.29, 0.717) is 5.92 Å². The van der Waals surface area contributed by atoms with Gasteiger partial charge in [-0.2, -0.15) is 0 Å². The van der Waals surface area contributed by atoms with E-state index in [1.807, 2.05) is 0 Å². The fourth-order valence-electron chi connectivity index (χ4n) is 3.53. The van der Waals surface area contributed by atoms with E-state index >= 15 is 0 Å². The lowest BCUT2D eigenvalue weighted by molar-refractivity contribution is 0.383. The van der Waals surface area contributed by atoms with E-state index in [9.17, 15) is 0 Å². The Bertz CT molecular complexity index is 530. The summed E-state index contributed by atoms with van der Waals surface area (Å²) in [5, 5.41) is 0. The highest BCUT2D eigenvalue weighted by atomic mass is 14.2. The van der Waals surface area contributed by atoms with Crippen LogP contribution in [-0.2, 0) is 0 Å². The molecule has 0 heterocycles. The van der Waals surface area contributed by atoms with Crippen molar-refractivity contribution in [1.82, 2.24) is 0 Å². The molecule has 0 aromatic rings. The molecule has 0 saturated carbocycles. The highest BCUT2D eigenvalue weighted by Gasteiger charge is 2.12. The summed E-state index contributed by atoms with van der Waals surface area (Å²) in [6.45, 7) is 24.6. The van der Waals surface area contributed by atoms with Crippen LogP contribution in [0.15, 0.2) is 48.1 Å². The lowest BCUT2D eigenvalue weighted by atomic mass is 9.86. The third-order valence-corrected chi connectivity index (χ3v) is 6.96. The van der Waals surface area contributed by atoms with Gasteiger partial charge >= 0.3 is 0 Å². The molecule has 174 valence electrons. The standard InChI is InChI=1S/C15H24.C15H30/c1-5-12(2)6-9-14(4)15-10-7-13(3)8-11-15;1-7-13(4)9-11-15(6)14(5)10-8-12(2)3/h5,7,10,12,14H,1,6,8-9,11H2,2-4H3;9,11-15H,7-8,10H2,1-6H3/b;11-9-. The zero-order valence-corrected chi connectivity index (χ0v) is 22.0. The Morgan fingerprint density at radius 3 is 2.00 bits per heavy atom. The van der Waals surface area contributed by atoms with Gasteiger partial charge in [0.2, 0.25) is 0 Å². The summed E-state index contributed by atoms with van der Waals surface area (Å²) in [7, 11) is 0. The van der Waals surface area contributed by atoms with Gasteiger partial charge in [-0.1, -0.05) is 110 Å². The molecule has 1 aliphatic rings. The molecule has 1 rings (SSSR count). The quantitative estimate of drug-likeness (QED) is 0.278. The number of hydrogen-bond acceptors (Lipinski definition) is 0. The first kappa shape index (κ1) is 29.0. The average Bonchev–Trinajstić information content (AvgIpc) is 2.74.